The van der Waals surface area contributed by atoms with Gasteiger partial charge in [-0.25, -0.2) is 0 Å². The molecule has 114 valence electrons. The van der Waals surface area contributed by atoms with Crippen LogP contribution in [0.1, 0.15) is 37.7 Å². The number of hydrogen-bond donors (Lipinski definition) is 2. The fourth-order valence-electron chi connectivity index (χ4n) is 2.51. The summed E-state index contributed by atoms with van der Waals surface area (Å²) in [6, 6.07) is 5.51. The standard InChI is InChI=1S/C17H23ClN2O/c1-13-7-8-15(18)11-16(13)20-17(21)12-19-10-9-14-5-3-2-4-6-14/h5,7-8,11,19H,2-4,6,9-10,12H2,1H3,(H,20,21). The third kappa shape index (κ3) is 5.52. The Labute approximate surface area is 131 Å². The summed E-state index contributed by atoms with van der Waals surface area (Å²) in [6.07, 6.45) is 8.45. The van der Waals surface area contributed by atoms with Gasteiger partial charge in [0.25, 0.3) is 0 Å². The lowest BCUT2D eigenvalue weighted by molar-refractivity contribution is -0.115. The topological polar surface area (TPSA) is 41.1 Å². The van der Waals surface area contributed by atoms with Crippen LogP contribution in [0.3, 0.4) is 0 Å². The van der Waals surface area contributed by atoms with E-state index in [4.69, 9.17) is 11.6 Å². The number of hydrogen-bond acceptors (Lipinski definition) is 2. The fraction of sp³-hybridized carbons (Fsp3) is 0.471. The first-order chi connectivity index (χ1) is 10.1. The Morgan fingerprint density at radius 2 is 2.19 bits per heavy atom. The number of benzene rings is 1. The summed E-state index contributed by atoms with van der Waals surface area (Å²) in [5.74, 6) is -0.0296. The van der Waals surface area contributed by atoms with Gasteiger partial charge >= 0.3 is 0 Å². The molecule has 1 aliphatic rings. The minimum Gasteiger partial charge on any atom is -0.325 e. The van der Waals surface area contributed by atoms with Gasteiger partial charge in [-0.1, -0.05) is 29.3 Å². The molecular weight excluding hydrogens is 284 g/mol. The predicted molar refractivity (Wildman–Crippen MR) is 88.9 cm³/mol. The van der Waals surface area contributed by atoms with Crippen molar-refractivity contribution in [3.63, 3.8) is 0 Å². The molecule has 3 nitrogen and oxygen atoms in total. The summed E-state index contributed by atoms with van der Waals surface area (Å²) >= 11 is 5.94. The third-order valence-electron chi connectivity index (χ3n) is 3.77. The summed E-state index contributed by atoms with van der Waals surface area (Å²) in [5.41, 5.74) is 3.32. The normalized spacial score (nSPS) is 14.7. The van der Waals surface area contributed by atoms with Crippen LogP contribution in [0.5, 0.6) is 0 Å². The van der Waals surface area contributed by atoms with Crippen molar-refractivity contribution < 1.29 is 4.79 Å². The first-order valence-corrected chi connectivity index (χ1v) is 7.97. The van der Waals surface area contributed by atoms with E-state index in [0.717, 1.165) is 24.2 Å². The lowest BCUT2D eigenvalue weighted by atomic mass is 9.97. The number of anilines is 1. The fourth-order valence-corrected chi connectivity index (χ4v) is 2.68. The van der Waals surface area contributed by atoms with Crippen molar-refractivity contribution in [3.8, 4) is 0 Å². The van der Waals surface area contributed by atoms with Crippen LogP contribution in [-0.4, -0.2) is 19.0 Å². The van der Waals surface area contributed by atoms with E-state index < -0.39 is 0 Å². The van der Waals surface area contributed by atoms with Crippen LogP contribution in [0.15, 0.2) is 29.8 Å². The highest BCUT2D eigenvalue weighted by molar-refractivity contribution is 6.31. The van der Waals surface area contributed by atoms with E-state index in [1.807, 2.05) is 19.1 Å². The second-order valence-corrected chi connectivity index (χ2v) is 5.98. The molecule has 2 N–H and O–H groups in total. The van der Waals surface area contributed by atoms with Crippen molar-refractivity contribution in [2.24, 2.45) is 0 Å². The summed E-state index contributed by atoms with van der Waals surface area (Å²) in [6.45, 7) is 3.14. The maximum atomic E-state index is 11.9. The van der Waals surface area contributed by atoms with Gasteiger partial charge in [-0.2, -0.15) is 0 Å². The number of aryl methyl sites for hydroxylation is 1. The highest BCUT2D eigenvalue weighted by Gasteiger charge is 2.06. The summed E-state index contributed by atoms with van der Waals surface area (Å²) in [4.78, 5) is 11.9. The minimum atomic E-state index is -0.0296. The molecule has 21 heavy (non-hydrogen) atoms. The van der Waals surface area contributed by atoms with Gasteiger partial charge in [0.05, 0.1) is 6.54 Å². The SMILES string of the molecule is Cc1ccc(Cl)cc1NC(=O)CNCCC1=CCCCC1. The molecule has 0 spiro atoms. The smallest absolute Gasteiger partial charge is 0.238 e. The van der Waals surface area contributed by atoms with E-state index >= 15 is 0 Å². The first kappa shape index (κ1) is 16.1. The van der Waals surface area contributed by atoms with E-state index in [2.05, 4.69) is 16.7 Å². The zero-order valence-electron chi connectivity index (χ0n) is 12.5. The molecule has 0 saturated carbocycles. The number of amides is 1. The molecule has 2 rings (SSSR count). The van der Waals surface area contributed by atoms with Crippen LogP contribution >= 0.6 is 11.6 Å². The zero-order chi connectivity index (χ0) is 15.1. The molecule has 0 radical (unpaired) electrons. The van der Waals surface area contributed by atoms with Gasteiger partial charge in [0.2, 0.25) is 5.91 Å². The lowest BCUT2D eigenvalue weighted by Gasteiger charge is -2.13. The van der Waals surface area contributed by atoms with Gasteiger partial charge in [0, 0.05) is 10.7 Å². The Morgan fingerprint density at radius 1 is 1.33 bits per heavy atom. The lowest BCUT2D eigenvalue weighted by Crippen LogP contribution is -2.29. The molecule has 1 aromatic carbocycles. The Morgan fingerprint density at radius 3 is 2.95 bits per heavy atom. The highest BCUT2D eigenvalue weighted by atomic mass is 35.5. The monoisotopic (exact) mass is 306 g/mol. The van der Waals surface area contributed by atoms with Gasteiger partial charge < -0.3 is 10.6 Å². The average molecular weight is 307 g/mol. The van der Waals surface area contributed by atoms with Crippen LogP contribution in [-0.2, 0) is 4.79 Å². The van der Waals surface area contributed by atoms with Gasteiger partial charge in [0.15, 0.2) is 0 Å². The Hall–Kier alpha value is -1.32. The van der Waals surface area contributed by atoms with Crippen LogP contribution in [0, 0.1) is 6.92 Å². The van der Waals surface area contributed by atoms with Crippen LogP contribution < -0.4 is 10.6 Å². The molecule has 4 heteroatoms. The van der Waals surface area contributed by atoms with Crippen molar-refractivity contribution in [2.45, 2.75) is 39.0 Å². The molecule has 1 aliphatic carbocycles. The van der Waals surface area contributed by atoms with E-state index in [1.165, 1.54) is 31.3 Å². The maximum Gasteiger partial charge on any atom is 0.238 e. The molecule has 1 amide bonds. The summed E-state index contributed by atoms with van der Waals surface area (Å²) in [7, 11) is 0. The maximum absolute atomic E-state index is 11.9. The largest absolute Gasteiger partial charge is 0.325 e. The molecule has 0 saturated heterocycles. The van der Waals surface area contributed by atoms with Crippen LogP contribution in [0.2, 0.25) is 5.02 Å². The van der Waals surface area contributed by atoms with E-state index in [0.29, 0.717) is 11.6 Å². The molecule has 0 unspecified atom stereocenters. The molecule has 0 fully saturated rings. The van der Waals surface area contributed by atoms with Crippen molar-refractivity contribution in [1.29, 1.82) is 0 Å². The quantitative estimate of drug-likeness (QED) is 0.614. The minimum absolute atomic E-state index is 0.0296. The Bertz CT molecular complexity index is 526. The third-order valence-corrected chi connectivity index (χ3v) is 4.00. The van der Waals surface area contributed by atoms with E-state index in [9.17, 15) is 4.79 Å². The molecule has 0 heterocycles. The molecule has 0 aromatic heterocycles. The van der Waals surface area contributed by atoms with Crippen molar-refractivity contribution in [3.05, 3.63) is 40.4 Å². The second kappa shape index (κ2) is 8.20. The van der Waals surface area contributed by atoms with Crippen molar-refractivity contribution in [1.82, 2.24) is 5.32 Å². The Kier molecular flexibility index (Phi) is 6.27. The van der Waals surface area contributed by atoms with E-state index in [-0.39, 0.29) is 5.91 Å². The molecule has 0 aliphatic heterocycles. The van der Waals surface area contributed by atoms with Crippen molar-refractivity contribution >= 4 is 23.2 Å². The molecule has 0 atom stereocenters. The number of carbonyl (C=O) groups is 1. The summed E-state index contributed by atoms with van der Waals surface area (Å²) < 4.78 is 0. The number of halogens is 1. The molecule has 0 bridgehead atoms. The number of nitrogens with one attached hydrogen (secondary N) is 2. The van der Waals surface area contributed by atoms with Crippen LogP contribution in [0.25, 0.3) is 0 Å². The van der Waals surface area contributed by atoms with Gasteiger partial charge in [-0.3, -0.25) is 4.79 Å². The molecular formula is C17H23ClN2O. The van der Waals surface area contributed by atoms with Crippen molar-refractivity contribution in [2.75, 3.05) is 18.4 Å². The van der Waals surface area contributed by atoms with Gasteiger partial charge in [-0.05, 0) is 63.3 Å². The number of rotatable bonds is 6. The van der Waals surface area contributed by atoms with Gasteiger partial charge in [0.1, 0.15) is 0 Å². The van der Waals surface area contributed by atoms with Crippen LogP contribution in [0.4, 0.5) is 5.69 Å². The average Bonchev–Trinajstić information content (AvgIpc) is 2.48. The highest BCUT2D eigenvalue weighted by Crippen LogP contribution is 2.20. The second-order valence-electron chi connectivity index (χ2n) is 5.54. The Balaban J connectivity index is 1.70. The molecule has 1 aromatic rings. The number of allylic oxidation sites excluding steroid dienone is 1. The zero-order valence-corrected chi connectivity index (χ0v) is 13.3. The first-order valence-electron chi connectivity index (χ1n) is 7.60. The summed E-state index contributed by atoms with van der Waals surface area (Å²) in [5, 5.41) is 6.72. The predicted octanol–water partition coefficient (Wildman–Crippen LogP) is 4.07. The van der Waals surface area contributed by atoms with Gasteiger partial charge in [-0.15, -0.1) is 0 Å². The van der Waals surface area contributed by atoms with E-state index in [1.54, 1.807) is 6.07 Å². The number of carbonyl (C=O) groups excluding carboxylic acids is 1.